The standard InChI is InChI=1S/C7H10O5/c8-5(1-6(9)10)2-7(11)3-12-4-7/h11H,1-4H2,(H,9,10). The number of aliphatic hydroxyl groups is 1. The van der Waals surface area contributed by atoms with Gasteiger partial charge in [0.1, 0.15) is 17.8 Å². The van der Waals surface area contributed by atoms with Crippen LogP contribution in [0.15, 0.2) is 0 Å². The highest BCUT2D eigenvalue weighted by atomic mass is 16.5. The highest BCUT2D eigenvalue weighted by molar-refractivity contribution is 5.95. The van der Waals surface area contributed by atoms with Crippen LogP contribution in [0.2, 0.25) is 0 Å². The Morgan fingerprint density at radius 2 is 2.00 bits per heavy atom. The quantitative estimate of drug-likeness (QED) is 0.544. The molecule has 0 spiro atoms. The Balaban J connectivity index is 2.30. The molecule has 1 aliphatic heterocycles. The van der Waals surface area contributed by atoms with E-state index in [1.807, 2.05) is 0 Å². The molecule has 1 aliphatic rings. The van der Waals surface area contributed by atoms with Gasteiger partial charge in [0, 0.05) is 6.42 Å². The molecule has 0 atom stereocenters. The first-order chi connectivity index (χ1) is 5.52. The van der Waals surface area contributed by atoms with Crippen molar-refractivity contribution in [2.75, 3.05) is 13.2 Å². The van der Waals surface area contributed by atoms with Crippen LogP contribution in [0.3, 0.4) is 0 Å². The number of ketones is 1. The molecule has 0 aromatic carbocycles. The van der Waals surface area contributed by atoms with E-state index in [9.17, 15) is 14.7 Å². The second kappa shape index (κ2) is 3.20. The predicted molar refractivity (Wildman–Crippen MR) is 37.6 cm³/mol. The lowest BCUT2D eigenvalue weighted by molar-refractivity contribution is -0.184. The molecule has 1 fully saturated rings. The summed E-state index contributed by atoms with van der Waals surface area (Å²) in [5, 5.41) is 17.6. The van der Waals surface area contributed by atoms with E-state index in [4.69, 9.17) is 9.84 Å². The molecule has 2 N–H and O–H groups in total. The van der Waals surface area contributed by atoms with Crippen LogP contribution >= 0.6 is 0 Å². The molecule has 0 radical (unpaired) electrons. The van der Waals surface area contributed by atoms with Crippen LogP contribution in [0.4, 0.5) is 0 Å². The zero-order chi connectivity index (χ0) is 9.19. The van der Waals surface area contributed by atoms with Crippen LogP contribution in [0.25, 0.3) is 0 Å². The monoisotopic (exact) mass is 174 g/mol. The summed E-state index contributed by atoms with van der Waals surface area (Å²) in [7, 11) is 0. The van der Waals surface area contributed by atoms with Gasteiger partial charge in [-0.1, -0.05) is 0 Å². The van der Waals surface area contributed by atoms with Crippen molar-refractivity contribution in [3.8, 4) is 0 Å². The average molecular weight is 174 g/mol. The number of hydrogen-bond acceptors (Lipinski definition) is 4. The van der Waals surface area contributed by atoms with Crippen LogP contribution in [-0.2, 0) is 14.3 Å². The van der Waals surface area contributed by atoms with E-state index in [0.717, 1.165) is 0 Å². The second-order valence-electron chi connectivity index (χ2n) is 3.00. The number of ether oxygens (including phenoxy) is 1. The zero-order valence-electron chi connectivity index (χ0n) is 6.45. The molecule has 0 saturated carbocycles. The van der Waals surface area contributed by atoms with Crippen LogP contribution < -0.4 is 0 Å². The summed E-state index contributed by atoms with van der Waals surface area (Å²) in [5.74, 6) is -1.63. The zero-order valence-corrected chi connectivity index (χ0v) is 6.45. The summed E-state index contributed by atoms with van der Waals surface area (Å²) in [5.41, 5.74) is -1.10. The normalized spacial score (nSPS) is 19.8. The Kier molecular flexibility index (Phi) is 2.44. The Morgan fingerprint density at radius 1 is 1.42 bits per heavy atom. The van der Waals surface area contributed by atoms with E-state index < -0.39 is 23.8 Å². The topological polar surface area (TPSA) is 83.8 Å². The first kappa shape index (κ1) is 9.15. The summed E-state index contributed by atoms with van der Waals surface area (Å²) in [6.45, 7) is 0.247. The summed E-state index contributed by atoms with van der Waals surface area (Å²) in [6, 6.07) is 0. The Bertz CT molecular complexity index is 206. The minimum absolute atomic E-state index is 0.123. The molecule has 0 aliphatic carbocycles. The molecule has 1 rings (SSSR count). The largest absolute Gasteiger partial charge is 0.481 e. The van der Waals surface area contributed by atoms with Gasteiger partial charge in [-0.05, 0) is 0 Å². The molecule has 12 heavy (non-hydrogen) atoms. The maximum atomic E-state index is 10.9. The molecule has 1 heterocycles. The van der Waals surface area contributed by atoms with Crippen molar-refractivity contribution in [3.05, 3.63) is 0 Å². The van der Waals surface area contributed by atoms with Gasteiger partial charge in [0.05, 0.1) is 13.2 Å². The van der Waals surface area contributed by atoms with E-state index in [-0.39, 0.29) is 19.6 Å². The molecule has 1 saturated heterocycles. The number of carboxylic acids is 1. The molecule has 0 aromatic rings. The fourth-order valence-electron chi connectivity index (χ4n) is 1.04. The summed E-state index contributed by atoms with van der Waals surface area (Å²) >= 11 is 0. The van der Waals surface area contributed by atoms with E-state index in [1.54, 1.807) is 0 Å². The van der Waals surface area contributed by atoms with Crippen molar-refractivity contribution in [2.45, 2.75) is 18.4 Å². The van der Waals surface area contributed by atoms with Gasteiger partial charge in [-0.25, -0.2) is 0 Å². The van der Waals surface area contributed by atoms with Gasteiger partial charge in [-0.2, -0.15) is 0 Å². The van der Waals surface area contributed by atoms with Crippen molar-refractivity contribution in [1.82, 2.24) is 0 Å². The fourth-order valence-corrected chi connectivity index (χ4v) is 1.04. The Hall–Kier alpha value is -0.940. The van der Waals surface area contributed by atoms with Gasteiger partial charge in [-0.15, -0.1) is 0 Å². The minimum atomic E-state index is -1.16. The number of carbonyl (C=O) groups is 2. The number of carboxylic acid groups (broad SMARTS) is 1. The molecule has 0 bridgehead atoms. The van der Waals surface area contributed by atoms with E-state index in [2.05, 4.69) is 0 Å². The third-order valence-electron chi connectivity index (χ3n) is 1.62. The third kappa shape index (κ3) is 2.28. The average Bonchev–Trinajstić information content (AvgIpc) is 1.81. The molecular formula is C7H10O5. The molecule has 68 valence electrons. The van der Waals surface area contributed by atoms with Gasteiger partial charge in [0.15, 0.2) is 0 Å². The minimum Gasteiger partial charge on any atom is -0.481 e. The number of aliphatic carboxylic acids is 1. The first-order valence-electron chi connectivity index (χ1n) is 3.55. The lowest BCUT2D eigenvalue weighted by Crippen LogP contribution is -2.51. The van der Waals surface area contributed by atoms with E-state index >= 15 is 0 Å². The van der Waals surface area contributed by atoms with Gasteiger partial charge < -0.3 is 14.9 Å². The van der Waals surface area contributed by atoms with Crippen molar-refractivity contribution >= 4 is 11.8 Å². The van der Waals surface area contributed by atoms with Gasteiger partial charge in [0.25, 0.3) is 0 Å². The number of Topliss-reactive ketones (excluding diaryl/α,β-unsaturated/α-hetero) is 1. The smallest absolute Gasteiger partial charge is 0.310 e. The van der Waals surface area contributed by atoms with Gasteiger partial charge in [0.2, 0.25) is 0 Å². The van der Waals surface area contributed by atoms with Crippen LogP contribution in [0.5, 0.6) is 0 Å². The van der Waals surface area contributed by atoms with Gasteiger partial charge >= 0.3 is 5.97 Å². The van der Waals surface area contributed by atoms with E-state index in [0.29, 0.717) is 0 Å². The summed E-state index contributed by atoms with van der Waals surface area (Å²) < 4.78 is 4.69. The third-order valence-corrected chi connectivity index (χ3v) is 1.62. The Labute approximate surface area is 68.9 Å². The fraction of sp³-hybridized carbons (Fsp3) is 0.714. The van der Waals surface area contributed by atoms with Crippen molar-refractivity contribution in [1.29, 1.82) is 0 Å². The molecule has 0 unspecified atom stereocenters. The molecule has 0 amide bonds. The van der Waals surface area contributed by atoms with Crippen LogP contribution in [0, 0.1) is 0 Å². The summed E-state index contributed by atoms with van der Waals surface area (Å²) in [6.07, 6.45) is -0.651. The number of carbonyl (C=O) groups excluding carboxylic acids is 1. The van der Waals surface area contributed by atoms with Crippen molar-refractivity contribution in [2.24, 2.45) is 0 Å². The van der Waals surface area contributed by atoms with E-state index in [1.165, 1.54) is 0 Å². The molecule has 5 nitrogen and oxygen atoms in total. The molecular weight excluding hydrogens is 164 g/mol. The predicted octanol–water partition coefficient (Wildman–Crippen LogP) is -0.818. The van der Waals surface area contributed by atoms with Crippen molar-refractivity contribution < 1.29 is 24.5 Å². The van der Waals surface area contributed by atoms with Crippen molar-refractivity contribution in [3.63, 3.8) is 0 Å². The van der Waals surface area contributed by atoms with Crippen LogP contribution in [-0.4, -0.2) is 40.8 Å². The second-order valence-corrected chi connectivity index (χ2v) is 3.00. The maximum Gasteiger partial charge on any atom is 0.310 e. The Morgan fingerprint density at radius 3 is 2.33 bits per heavy atom. The molecule has 5 heteroatoms. The highest BCUT2D eigenvalue weighted by Gasteiger charge is 2.38. The summed E-state index contributed by atoms with van der Waals surface area (Å²) in [4.78, 5) is 20.9. The number of rotatable bonds is 4. The maximum absolute atomic E-state index is 10.9. The number of hydrogen-bond donors (Lipinski definition) is 2. The van der Waals surface area contributed by atoms with Crippen LogP contribution in [0.1, 0.15) is 12.8 Å². The first-order valence-corrected chi connectivity index (χ1v) is 3.55. The lowest BCUT2D eigenvalue weighted by atomic mass is 9.94. The highest BCUT2D eigenvalue weighted by Crippen LogP contribution is 2.21. The molecule has 0 aromatic heterocycles. The lowest BCUT2D eigenvalue weighted by Gasteiger charge is -2.35. The SMILES string of the molecule is O=C(O)CC(=O)CC1(O)COC1. The van der Waals surface area contributed by atoms with Gasteiger partial charge in [-0.3, -0.25) is 9.59 Å².